The standard InChI is InChI=1S/C35H47N5O2/c1-26-34(41-25-37-26)24-39(29-14-7-3-8-15-29)21-11-18-33(27-12-5-2-6-13-27)40-23-28-22-31(19-20-32(28)38-35(40)36)42-30-16-9-4-10-17-30/h4,9-10,16-17,19-20,22,25,27,29,33H,2-3,5-8,11-15,18,21,23-24H2,1H3,(H2,36,38)/t33-/m0/s1. The number of para-hydroxylation sites is 1. The Labute approximate surface area is 251 Å². The molecule has 0 amide bonds. The van der Waals surface area contributed by atoms with Crippen molar-refractivity contribution in [2.24, 2.45) is 16.6 Å². The van der Waals surface area contributed by atoms with Gasteiger partial charge in [-0.25, -0.2) is 9.98 Å². The molecule has 1 aromatic heterocycles. The number of guanidine groups is 1. The maximum absolute atomic E-state index is 6.73. The van der Waals surface area contributed by atoms with Gasteiger partial charge in [-0.15, -0.1) is 0 Å². The van der Waals surface area contributed by atoms with Crippen molar-refractivity contribution in [3.63, 3.8) is 0 Å². The van der Waals surface area contributed by atoms with E-state index >= 15 is 0 Å². The molecule has 0 radical (unpaired) electrons. The Hall–Kier alpha value is -3.32. The van der Waals surface area contributed by atoms with Crippen molar-refractivity contribution < 1.29 is 9.15 Å². The summed E-state index contributed by atoms with van der Waals surface area (Å²) in [6.07, 6.45) is 17.0. The highest BCUT2D eigenvalue weighted by molar-refractivity contribution is 5.84. The van der Waals surface area contributed by atoms with Crippen LogP contribution in [0, 0.1) is 12.8 Å². The van der Waals surface area contributed by atoms with Gasteiger partial charge in [-0.3, -0.25) is 4.90 Å². The first-order chi connectivity index (χ1) is 20.6. The highest BCUT2D eigenvalue weighted by Gasteiger charge is 2.33. The lowest BCUT2D eigenvalue weighted by molar-refractivity contribution is 0.119. The molecule has 3 aliphatic rings. The summed E-state index contributed by atoms with van der Waals surface area (Å²) in [4.78, 5) is 14.4. The molecule has 0 unspecified atom stereocenters. The summed E-state index contributed by atoms with van der Waals surface area (Å²) in [6, 6.07) is 17.2. The first-order valence-corrected chi connectivity index (χ1v) is 16.2. The third-order valence-corrected chi connectivity index (χ3v) is 9.72. The van der Waals surface area contributed by atoms with Gasteiger partial charge in [0.15, 0.2) is 12.4 Å². The van der Waals surface area contributed by atoms with Gasteiger partial charge in [0.2, 0.25) is 0 Å². The van der Waals surface area contributed by atoms with Crippen LogP contribution in [-0.4, -0.2) is 39.4 Å². The summed E-state index contributed by atoms with van der Waals surface area (Å²) in [6.45, 7) is 4.77. The Balaban J connectivity index is 1.17. The summed E-state index contributed by atoms with van der Waals surface area (Å²) in [5.41, 5.74) is 9.89. The van der Waals surface area contributed by atoms with Gasteiger partial charge in [0.05, 0.1) is 17.9 Å². The molecule has 1 atom stereocenters. The average molecular weight is 570 g/mol. The van der Waals surface area contributed by atoms with Gasteiger partial charge in [-0.2, -0.15) is 0 Å². The number of ether oxygens (including phenoxy) is 1. The highest BCUT2D eigenvalue weighted by atomic mass is 16.5. The van der Waals surface area contributed by atoms with Crippen LogP contribution in [0.1, 0.15) is 94.1 Å². The number of rotatable bonds is 11. The molecule has 2 saturated carbocycles. The molecule has 2 aliphatic carbocycles. The van der Waals surface area contributed by atoms with Gasteiger partial charge >= 0.3 is 0 Å². The normalized spacial score (nSPS) is 19.0. The summed E-state index contributed by atoms with van der Waals surface area (Å²) >= 11 is 0. The zero-order valence-corrected chi connectivity index (χ0v) is 25.2. The predicted molar refractivity (Wildman–Crippen MR) is 168 cm³/mol. The molecule has 6 rings (SSSR count). The van der Waals surface area contributed by atoms with Crippen molar-refractivity contribution >= 4 is 11.6 Å². The molecule has 0 saturated heterocycles. The number of nitrogens with two attached hydrogens (primary N) is 1. The maximum Gasteiger partial charge on any atom is 0.197 e. The van der Waals surface area contributed by atoms with Crippen molar-refractivity contribution in [3.8, 4) is 11.5 Å². The van der Waals surface area contributed by atoms with E-state index in [0.29, 0.717) is 24.0 Å². The van der Waals surface area contributed by atoms with Crippen molar-refractivity contribution in [2.45, 2.75) is 109 Å². The van der Waals surface area contributed by atoms with Crippen LogP contribution < -0.4 is 10.5 Å². The van der Waals surface area contributed by atoms with Crippen LogP contribution in [0.5, 0.6) is 11.5 Å². The van der Waals surface area contributed by atoms with Gasteiger partial charge in [-0.05, 0) is 88.2 Å². The number of oxazole rings is 1. The van der Waals surface area contributed by atoms with Crippen LogP contribution in [0.4, 0.5) is 5.69 Å². The smallest absolute Gasteiger partial charge is 0.197 e. The zero-order valence-electron chi connectivity index (χ0n) is 25.2. The fourth-order valence-corrected chi connectivity index (χ4v) is 7.39. The van der Waals surface area contributed by atoms with Crippen LogP contribution in [0.3, 0.4) is 0 Å². The first-order valence-electron chi connectivity index (χ1n) is 16.2. The summed E-state index contributed by atoms with van der Waals surface area (Å²) in [7, 11) is 0. The molecule has 1 aliphatic heterocycles. The average Bonchev–Trinajstić information content (AvgIpc) is 3.44. The van der Waals surface area contributed by atoms with E-state index in [4.69, 9.17) is 19.9 Å². The number of hydrogen-bond acceptors (Lipinski definition) is 7. The lowest BCUT2D eigenvalue weighted by Gasteiger charge is -2.42. The number of aliphatic imine (C=N–C) groups is 1. The number of aromatic nitrogens is 1. The Kier molecular flexibility index (Phi) is 9.44. The van der Waals surface area contributed by atoms with Crippen LogP contribution in [-0.2, 0) is 13.1 Å². The minimum absolute atomic E-state index is 0.390. The Bertz CT molecular complexity index is 1310. The molecular formula is C35H47N5O2. The number of aryl methyl sites for hydroxylation is 1. The second-order valence-electron chi connectivity index (χ2n) is 12.5. The minimum Gasteiger partial charge on any atom is -0.457 e. The third-order valence-electron chi connectivity index (χ3n) is 9.72. The second kappa shape index (κ2) is 13.8. The summed E-state index contributed by atoms with van der Waals surface area (Å²) < 4.78 is 12.0. The largest absolute Gasteiger partial charge is 0.457 e. The van der Waals surface area contributed by atoms with Crippen molar-refractivity contribution in [2.75, 3.05) is 6.54 Å². The van der Waals surface area contributed by atoms with Gasteiger partial charge in [0.1, 0.15) is 17.3 Å². The Morgan fingerprint density at radius 1 is 0.976 bits per heavy atom. The Morgan fingerprint density at radius 2 is 1.74 bits per heavy atom. The molecule has 0 spiro atoms. The maximum atomic E-state index is 6.73. The molecule has 3 aromatic rings. The number of hydrogen-bond donors (Lipinski definition) is 1. The molecule has 42 heavy (non-hydrogen) atoms. The molecule has 224 valence electrons. The summed E-state index contributed by atoms with van der Waals surface area (Å²) in [5, 5.41) is 0. The quantitative estimate of drug-likeness (QED) is 0.251. The minimum atomic E-state index is 0.390. The van der Waals surface area contributed by atoms with Gasteiger partial charge in [0, 0.05) is 24.2 Å². The fourth-order valence-electron chi connectivity index (χ4n) is 7.39. The number of benzene rings is 2. The molecule has 2 heterocycles. The monoisotopic (exact) mass is 569 g/mol. The SMILES string of the molecule is Cc1ncoc1CN(CCC[C@@H](C1CCCCC1)N1Cc2cc(Oc3ccccc3)ccc2N=C1N)C1CCCCC1. The molecule has 0 bridgehead atoms. The van der Waals surface area contributed by atoms with Crippen LogP contribution in [0.25, 0.3) is 0 Å². The molecule has 2 N–H and O–H groups in total. The van der Waals surface area contributed by atoms with Crippen molar-refractivity contribution in [3.05, 3.63) is 71.9 Å². The molecule has 2 aromatic carbocycles. The van der Waals surface area contributed by atoms with Gasteiger partial charge in [-0.1, -0.05) is 56.7 Å². The Morgan fingerprint density at radius 3 is 2.48 bits per heavy atom. The van der Waals surface area contributed by atoms with E-state index in [1.165, 1.54) is 69.8 Å². The van der Waals surface area contributed by atoms with Crippen LogP contribution >= 0.6 is 0 Å². The lowest BCUT2D eigenvalue weighted by Crippen LogP contribution is -2.49. The summed E-state index contributed by atoms with van der Waals surface area (Å²) in [5.74, 6) is 4.02. The van der Waals surface area contributed by atoms with Gasteiger partial charge < -0.3 is 19.8 Å². The molecule has 7 heteroatoms. The van der Waals surface area contributed by atoms with E-state index in [2.05, 4.69) is 27.8 Å². The molecule has 2 fully saturated rings. The second-order valence-corrected chi connectivity index (χ2v) is 12.5. The number of nitrogens with zero attached hydrogens (tertiary/aromatic N) is 4. The van der Waals surface area contributed by atoms with E-state index in [1.807, 2.05) is 42.5 Å². The van der Waals surface area contributed by atoms with Gasteiger partial charge in [0.25, 0.3) is 0 Å². The predicted octanol–water partition coefficient (Wildman–Crippen LogP) is 8.10. The van der Waals surface area contributed by atoms with E-state index < -0.39 is 0 Å². The number of fused-ring (bicyclic) bond motifs is 1. The lowest BCUT2D eigenvalue weighted by atomic mass is 9.81. The highest BCUT2D eigenvalue weighted by Crippen LogP contribution is 2.37. The zero-order chi connectivity index (χ0) is 28.7. The van der Waals surface area contributed by atoms with Crippen LogP contribution in [0.15, 0.2) is 64.3 Å². The van der Waals surface area contributed by atoms with E-state index in [-0.39, 0.29) is 0 Å². The first kappa shape index (κ1) is 28.8. The van der Waals surface area contributed by atoms with E-state index in [0.717, 1.165) is 61.1 Å². The van der Waals surface area contributed by atoms with Crippen LogP contribution in [0.2, 0.25) is 0 Å². The topological polar surface area (TPSA) is 80.1 Å². The van der Waals surface area contributed by atoms with E-state index in [9.17, 15) is 0 Å². The fraction of sp³-hybridized carbons (Fsp3) is 0.543. The van der Waals surface area contributed by atoms with Crippen molar-refractivity contribution in [1.29, 1.82) is 0 Å². The molecule has 7 nitrogen and oxygen atoms in total. The van der Waals surface area contributed by atoms with Crippen molar-refractivity contribution in [1.82, 2.24) is 14.8 Å². The molecular weight excluding hydrogens is 522 g/mol. The third kappa shape index (κ3) is 7.00. The van der Waals surface area contributed by atoms with E-state index in [1.54, 1.807) is 6.39 Å².